The summed E-state index contributed by atoms with van der Waals surface area (Å²) in [7, 11) is 1.47. The third-order valence-corrected chi connectivity index (χ3v) is 2.88. The number of hydrogen-bond acceptors (Lipinski definition) is 5. The molecule has 0 heterocycles. The highest BCUT2D eigenvalue weighted by Crippen LogP contribution is 2.33. The Hall–Kier alpha value is -2.31. The van der Waals surface area contributed by atoms with Gasteiger partial charge in [0.15, 0.2) is 0 Å². The minimum absolute atomic E-state index is 0.0742. The van der Waals surface area contributed by atoms with E-state index in [9.17, 15) is 14.9 Å². The molecule has 0 aliphatic heterocycles. The first-order chi connectivity index (χ1) is 9.96. The first-order valence-electron chi connectivity index (χ1n) is 6.80. The van der Waals surface area contributed by atoms with Gasteiger partial charge < -0.3 is 14.8 Å². The van der Waals surface area contributed by atoms with Gasteiger partial charge in [-0.15, -0.1) is 0 Å². The van der Waals surface area contributed by atoms with Crippen molar-refractivity contribution >= 4 is 11.8 Å². The third kappa shape index (κ3) is 4.61. The number of nitro groups is 1. The van der Waals surface area contributed by atoms with Gasteiger partial charge in [-0.2, -0.15) is 0 Å². The van der Waals surface area contributed by atoms with Crippen LogP contribution in [0.15, 0.2) is 18.2 Å². The molecule has 0 unspecified atom stereocenters. The van der Waals surface area contributed by atoms with Crippen molar-refractivity contribution in [2.24, 2.45) is 0 Å². The van der Waals surface area contributed by atoms with Crippen LogP contribution in [0.25, 0.3) is 0 Å². The molecular weight excluding hydrogens is 288 g/mol. The molecule has 7 nitrogen and oxygen atoms in total. The van der Waals surface area contributed by atoms with Crippen molar-refractivity contribution in [3.05, 3.63) is 33.9 Å². The number of benzene rings is 1. The maximum atomic E-state index is 12.0. The lowest BCUT2D eigenvalue weighted by Crippen LogP contribution is -2.44. The van der Waals surface area contributed by atoms with Crippen LogP contribution in [0.3, 0.4) is 0 Å². The summed E-state index contributed by atoms with van der Waals surface area (Å²) in [6, 6.07) is 4.24. The first kappa shape index (κ1) is 17.7. The van der Waals surface area contributed by atoms with Crippen LogP contribution in [0.2, 0.25) is 0 Å². The van der Waals surface area contributed by atoms with Gasteiger partial charge in [-0.3, -0.25) is 10.1 Å². The Morgan fingerprint density at radius 1 is 1.23 bits per heavy atom. The smallest absolute Gasteiger partial charge is 0.408 e. The van der Waals surface area contributed by atoms with Crippen LogP contribution < -0.4 is 10.1 Å². The Balaban J connectivity index is 3.12. The quantitative estimate of drug-likeness (QED) is 0.680. The molecular formula is C15H22N2O5. The highest BCUT2D eigenvalue weighted by Gasteiger charge is 2.30. The highest BCUT2D eigenvalue weighted by molar-refractivity contribution is 5.69. The molecule has 0 fully saturated rings. The van der Waals surface area contributed by atoms with Crippen LogP contribution >= 0.6 is 0 Å². The van der Waals surface area contributed by atoms with Crippen LogP contribution in [0.5, 0.6) is 5.75 Å². The summed E-state index contributed by atoms with van der Waals surface area (Å²) in [4.78, 5) is 22.4. The predicted molar refractivity (Wildman–Crippen MR) is 82.0 cm³/mol. The molecule has 122 valence electrons. The Morgan fingerprint density at radius 3 is 2.27 bits per heavy atom. The second kappa shape index (κ2) is 6.21. The zero-order valence-electron chi connectivity index (χ0n) is 13.7. The van der Waals surface area contributed by atoms with Crippen molar-refractivity contribution in [1.29, 1.82) is 0 Å². The van der Waals surface area contributed by atoms with Crippen molar-refractivity contribution in [3.8, 4) is 5.75 Å². The van der Waals surface area contributed by atoms with Crippen LogP contribution in [0.4, 0.5) is 10.5 Å². The van der Waals surface area contributed by atoms with Gasteiger partial charge in [0.05, 0.1) is 17.6 Å². The van der Waals surface area contributed by atoms with Gasteiger partial charge in [-0.25, -0.2) is 4.79 Å². The number of rotatable bonds is 4. The molecule has 1 amide bonds. The lowest BCUT2D eigenvalue weighted by molar-refractivity contribution is -0.385. The maximum Gasteiger partial charge on any atom is 0.408 e. The van der Waals surface area contributed by atoms with Crippen molar-refractivity contribution in [2.45, 2.75) is 45.8 Å². The zero-order chi connectivity index (χ0) is 17.1. The van der Waals surface area contributed by atoms with E-state index >= 15 is 0 Å². The number of nitrogens with zero attached hydrogens (tertiary/aromatic N) is 1. The molecule has 0 aromatic heterocycles. The lowest BCUT2D eigenvalue weighted by Gasteiger charge is -2.30. The second-order valence-corrected chi connectivity index (χ2v) is 6.39. The molecule has 7 heteroatoms. The molecule has 1 aromatic carbocycles. The van der Waals surface area contributed by atoms with Gasteiger partial charge in [0.2, 0.25) is 0 Å². The summed E-state index contributed by atoms with van der Waals surface area (Å²) in [5.41, 5.74) is -1.11. The van der Waals surface area contributed by atoms with E-state index in [-0.39, 0.29) is 5.69 Å². The van der Waals surface area contributed by atoms with Gasteiger partial charge >= 0.3 is 6.09 Å². The molecule has 1 rings (SSSR count). The summed E-state index contributed by atoms with van der Waals surface area (Å²) in [6.07, 6.45) is -0.606. The van der Waals surface area contributed by atoms with Crippen LogP contribution in [0.1, 0.15) is 40.2 Å². The molecule has 1 aromatic rings. The standard InChI is InChI=1S/C15H22N2O5/c1-14(2,3)22-13(18)16-15(4,5)11-9-10(17(19)20)7-8-12(11)21-6/h7-9H,1-6H3,(H,16,18). The van der Waals surface area contributed by atoms with Crippen molar-refractivity contribution in [2.75, 3.05) is 7.11 Å². The number of methoxy groups -OCH3 is 1. The summed E-state index contributed by atoms with van der Waals surface area (Å²) in [5, 5.41) is 13.6. The fourth-order valence-corrected chi connectivity index (χ4v) is 1.92. The number of nitrogens with one attached hydrogen (secondary N) is 1. The van der Waals surface area contributed by atoms with Crippen molar-refractivity contribution < 1.29 is 19.2 Å². The number of alkyl carbamates (subject to hydrolysis) is 1. The van der Waals surface area contributed by atoms with E-state index in [1.165, 1.54) is 25.3 Å². The molecule has 22 heavy (non-hydrogen) atoms. The Kier molecular flexibility index (Phi) is 5.01. The van der Waals surface area contributed by atoms with E-state index in [1.807, 2.05) is 0 Å². The highest BCUT2D eigenvalue weighted by atomic mass is 16.6. The summed E-state index contributed by atoms with van der Waals surface area (Å²) in [5.74, 6) is 0.451. The Morgan fingerprint density at radius 2 is 1.82 bits per heavy atom. The van der Waals surface area contributed by atoms with Gasteiger partial charge in [0.25, 0.3) is 5.69 Å². The molecule has 0 aliphatic rings. The van der Waals surface area contributed by atoms with Crippen LogP contribution in [-0.4, -0.2) is 23.7 Å². The number of carbonyl (C=O) groups excluding carboxylic acids is 1. The van der Waals surface area contributed by atoms with E-state index in [2.05, 4.69) is 5.32 Å². The van der Waals surface area contributed by atoms with E-state index in [1.54, 1.807) is 34.6 Å². The fourth-order valence-electron chi connectivity index (χ4n) is 1.92. The second-order valence-electron chi connectivity index (χ2n) is 6.39. The fraction of sp³-hybridized carbons (Fsp3) is 0.533. The van der Waals surface area contributed by atoms with Crippen molar-refractivity contribution in [1.82, 2.24) is 5.32 Å². The molecule has 0 bridgehead atoms. The number of non-ortho nitro benzene ring substituents is 1. The monoisotopic (exact) mass is 310 g/mol. The van der Waals surface area contributed by atoms with Gasteiger partial charge in [0.1, 0.15) is 11.4 Å². The van der Waals surface area contributed by atoms with Gasteiger partial charge in [-0.1, -0.05) is 0 Å². The molecule has 0 spiro atoms. The average molecular weight is 310 g/mol. The lowest BCUT2D eigenvalue weighted by atomic mass is 9.93. The number of hydrogen-bond donors (Lipinski definition) is 1. The Labute approximate surface area is 129 Å². The topological polar surface area (TPSA) is 90.7 Å². The molecule has 0 radical (unpaired) electrons. The predicted octanol–water partition coefficient (Wildman–Crippen LogP) is 3.36. The Bertz CT molecular complexity index is 576. The summed E-state index contributed by atoms with van der Waals surface area (Å²) >= 11 is 0. The largest absolute Gasteiger partial charge is 0.496 e. The SMILES string of the molecule is COc1ccc([N+](=O)[O-])cc1C(C)(C)NC(=O)OC(C)(C)C. The maximum absolute atomic E-state index is 12.0. The van der Waals surface area contributed by atoms with Gasteiger partial charge in [0, 0.05) is 17.7 Å². The summed E-state index contributed by atoms with van der Waals surface area (Å²) < 4.78 is 10.5. The minimum atomic E-state index is -0.903. The number of ether oxygens (including phenoxy) is 2. The van der Waals surface area contributed by atoms with Crippen LogP contribution in [-0.2, 0) is 10.3 Å². The number of amides is 1. The minimum Gasteiger partial charge on any atom is -0.496 e. The van der Waals surface area contributed by atoms with E-state index < -0.39 is 22.2 Å². The average Bonchev–Trinajstić information content (AvgIpc) is 2.34. The number of carbonyl (C=O) groups is 1. The molecule has 0 saturated heterocycles. The first-order valence-corrected chi connectivity index (χ1v) is 6.80. The normalized spacial score (nSPS) is 11.7. The summed E-state index contributed by atoms with van der Waals surface area (Å²) in [6.45, 7) is 8.71. The zero-order valence-corrected chi connectivity index (χ0v) is 13.7. The van der Waals surface area contributed by atoms with Crippen LogP contribution in [0, 0.1) is 10.1 Å². The molecule has 1 N–H and O–H groups in total. The van der Waals surface area contributed by atoms with E-state index in [0.717, 1.165) is 0 Å². The molecule has 0 atom stereocenters. The third-order valence-electron chi connectivity index (χ3n) is 2.88. The van der Waals surface area contributed by atoms with Gasteiger partial charge in [-0.05, 0) is 40.7 Å². The molecule has 0 aliphatic carbocycles. The van der Waals surface area contributed by atoms with E-state index in [4.69, 9.17) is 9.47 Å². The van der Waals surface area contributed by atoms with E-state index in [0.29, 0.717) is 11.3 Å². The molecule has 0 saturated carbocycles. The van der Waals surface area contributed by atoms with Crippen molar-refractivity contribution in [3.63, 3.8) is 0 Å². The number of nitro benzene ring substituents is 1.